The Labute approximate surface area is 185 Å². The highest BCUT2D eigenvalue weighted by atomic mass is 16.1. The van der Waals surface area contributed by atoms with Crippen molar-refractivity contribution in [2.75, 3.05) is 13.1 Å². The number of pyridine rings is 1. The summed E-state index contributed by atoms with van der Waals surface area (Å²) >= 11 is 0. The molecule has 2 N–H and O–H groups in total. The molecule has 31 heavy (non-hydrogen) atoms. The van der Waals surface area contributed by atoms with Crippen molar-refractivity contribution in [1.29, 1.82) is 0 Å². The van der Waals surface area contributed by atoms with E-state index in [2.05, 4.69) is 72.3 Å². The van der Waals surface area contributed by atoms with E-state index in [1.54, 1.807) is 6.20 Å². The van der Waals surface area contributed by atoms with Crippen LogP contribution in [0, 0.1) is 19.3 Å². The van der Waals surface area contributed by atoms with E-state index >= 15 is 0 Å². The minimum Gasteiger partial charge on any atom is -0.369 e. The molecule has 2 heterocycles. The zero-order valence-electron chi connectivity index (χ0n) is 18.5. The molecule has 1 aliphatic rings. The maximum atomic E-state index is 12.5. The van der Waals surface area contributed by atoms with Gasteiger partial charge < -0.3 is 5.73 Å². The number of hydrogen-bond donors (Lipinski definition) is 1. The van der Waals surface area contributed by atoms with Crippen molar-refractivity contribution in [3.8, 4) is 11.1 Å². The van der Waals surface area contributed by atoms with Crippen molar-refractivity contribution >= 4 is 5.91 Å². The molecule has 1 amide bonds. The van der Waals surface area contributed by atoms with Gasteiger partial charge in [0, 0.05) is 18.9 Å². The summed E-state index contributed by atoms with van der Waals surface area (Å²) in [7, 11) is 0. The smallest absolute Gasteiger partial charge is 0.224 e. The van der Waals surface area contributed by atoms with Crippen LogP contribution in [-0.2, 0) is 17.8 Å². The second-order valence-corrected chi connectivity index (χ2v) is 8.95. The lowest BCUT2D eigenvalue weighted by Gasteiger charge is -2.40. The third kappa shape index (κ3) is 4.86. The van der Waals surface area contributed by atoms with Gasteiger partial charge >= 0.3 is 0 Å². The molecule has 2 aromatic carbocycles. The Morgan fingerprint density at radius 2 is 1.68 bits per heavy atom. The summed E-state index contributed by atoms with van der Waals surface area (Å²) in [5.41, 5.74) is 12.9. The number of aryl methyl sites for hydroxylation is 2. The molecule has 1 saturated heterocycles. The predicted molar refractivity (Wildman–Crippen MR) is 125 cm³/mol. The van der Waals surface area contributed by atoms with Gasteiger partial charge in [0.2, 0.25) is 5.91 Å². The molecule has 4 nitrogen and oxygen atoms in total. The van der Waals surface area contributed by atoms with Gasteiger partial charge in [0.1, 0.15) is 0 Å². The van der Waals surface area contributed by atoms with Crippen LogP contribution in [0.25, 0.3) is 11.1 Å². The molecule has 0 atom stereocenters. The zero-order chi connectivity index (χ0) is 21.8. The van der Waals surface area contributed by atoms with Crippen LogP contribution >= 0.6 is 0 Å². The Morgan fingerprint density at radius 3 is 2.29 bits per heavy atom. The molecule has 1 aliphatic heterocycles. The molecule has 0 saturated carbocycles. The van der Waals surface area contributed by atoms with Crippen LogP contribution in [0.2, 0.25) is 0 Å². The van der Waals surface area contributed by atoms with Gasteiger partial charge in [-0.05, 0) is 85.6 Å². The normalized spacial score (nSPS) is 16.2. The van der Waals surface area contributed by atoms with Crippen molar-refractivity contribution in [2.24, 2.45) is 11.1 Å². The summed E-state index contributed by atoms with van der Waals surface area (Å²) in [6.07, 6.45) is 5.95. The van der Waals surface area contributed by atoms with E-state index in [1.165, 1.54) is 16.7 Å². The first kappa shape index (κ1) is 21.3. The highest BCUT2D eigenvalue weighted by Crippen LogP contribution is 2.36. The van der Waals surface area contributed by atoms with Gasteiger partial charge in [-0.1, -0.05) is 48.5 Å². The number of rotatable bonds is 6. The fourth-order valence-electron chi connectivity index (χ4n) is 4.55. The number of piperidine rings is 1. The number of carbonyl (C=O) groups excluding carboxylic acids is 1. The van der Waals surface area contributed by atoms with Crippen molar-refractivity contribution < 1.29 is 4.79 Å². The molecule has 0 spiro atoms. The molecule has 0 aliphatic carbocycles. The first-order valence-corrected chi connectivity index (χ1v) is 11.0. The van der Waals surface area contributed by atoms with Crippen molar-refractivity contribution in [3.05, 3.63) is 89.2 Å². The molecule has 0 bridgehead atoms. The number of carbonyl (C=O) groups is 1. The number of nitrogens with two attached hydrogens (primary N) is 1. The van der Waals surface area contributed by atoms with Crippen LogP contribution < -0.4 is 5.73 Å². The van der Waals surface area contributed by atoms with Gasteiger partial charge in [-0.3, -0.25) is 14.7 Å². The number of likely N-dealkylation sites (tertiary alicyclic amines) is 1. The average Bonchev–Trinajstić information content (AvgIpc) is 2.79. The molecule has 4 rings (SSSR count). The van der Waals surface area contributed by atoms with Crippen molar-refractivity contribution in [1.82, 2.24) is 9.88 Å². The number of hydrogen-bond acceptors (Lipinski definition) is 3. The van der Waals surface area contributed by atoms with Crippen molar-refractivity contribution in [2.45, 2.75) is 39.7 Å². The van der Waals surface area contributed by atoms with Crippen molar-refractivity contribution in [3.63, 3.8) is 0 Å². The lowest BCUT2D eigenvalue weighted by molar-refractivity contribution is -0.130. The molecule has 160 valence electrons. The minimum absolute atomic E-state index is 0.172. The minimum atomic E-state index is -0.463. The fourth-order valence-corrected chi connectivity index (χ4v) is 4.55. The number of aromatic nitrogens is 1. The number of benzene rings is 2. The Hall–Kier alpha value is -2.98. The SMILES string of the molecule is Cc1ccc(CN2CCC(Cc3ccc(-c4cccnc4)cc3)(C(N)=O)CC2)cc1C. The highest BCUT2D eigenvalue weighted by Gasteiger charge is 2.39. The topological polar surface area (TPSA) is 59.2 Å². The first-order chi connectivity index (χ1) is 14.9. The van der Waals surface area contributed by atoms with Crippen LogP contribution in [-0.4, -0.2) is 28.9 Å². The standard InChI is InChI=1S/C27H31N3O/c1-20-5-6-23(16-21(20)2)19-30-14-11-27(12-15-30,26(28)31)17-22-7-9-24(10-8-22)25-4-3-13-29-18-25/h3-10,13,16,18H,11-12,14-15,17,19H2,1-2H3,(H2,28,31). The second kappa shape index (κ2) is 9.03. The van der Waals surface area contributed by atoms with E-state index < -0.39 is 5.41 Å². The van der Waals surface area contributed by atoms with Crippen LogP contribution in [0.4, 0.5) is 0 Å². The maximum Gasteiger partial charge on any atom is 0.224 e. The van der Waals surface area contributed by atoms with Gasteiger partial charge in [0.05, 0.1) is 5.41 Å². The molecule has 1 aromatic heterocycles. The summed E-state index contributed by atoms with van der Waals surface area (Å²) in [6, 6.07) is 19.1. The Morgan fingerprint density at radius 1 is 0.968 bits per heavy atom. The van der Waals surface area contributed by atoms with E-state index in [4.69, 9.17) is 5.73 Å². The van der Waals surface area contributed by atoms with E-state index in [1.807, 2.05) is 12.3 Å². The lowest BCUT2D eigenvalue weighted by Crippen LogP contribution is -2.48. The van der Waals surface area contributed by atoms with Crippen LogP contribution in [0.15, 0.2) is 67.0 Å². The average molecular weight is 414 g/mol. The molecule has 4 heteroatoms. The summed E-state index contributed by atoms with van der Waals surface area (Å²) in [6.45, 7) is 7.01. The summed E-state index contributed by atoms with van der Waals surface area (Å²) in [5, 5.41) is 0. The number of nitrogens with zero attached hydrogens (tertiary/aromatic N) is 2. The van der Waals surface area contributed by atoms with E-state index in [9.17, 15) is 4.79 Å². The maximum absolute atomic E-state index is 12.5. The number of amides is 1. The van der Waals surface area contributed by atoms with Crippen LogP contribution in [0.5, 0.6) is 0 Å². The molecule has 0 radical (unpaired) electrons. The zero-order valence-corrected chi connectivity index (χ0v) is 18.5. The Bertz CT molecular complexity index is 1040. The summed E-state index contributed by atoms with van der Waals surface area (Å²) in [5.74, 6) is -0.172. The van der Waals surface area contributed by atoms with Gasteiger partial charge in [0.15, 0.2) is 0 Å². The first-order valence-electron chi connectivity index (χ1n) is 11.0. The van der Waals surface area contributed by atoms with Gasteiger partial charge in [-0.2, -0.15) is 0 Å². The Balaban J connectivity index is 1.42. The molecule has 0 unspecified atom stereocenters. The molecular weight excluding hydrogens is 382 g/mol. The quantitative estimate of drug-likeness (QED) is 0.638. The van der Waals surface area contributed by atoms with Crippen LogP contribution in [0.1, 0.15) is 35.1 Å². The van der Waals surface area contributed by atoms with E-state index in [0.29, 0.717) is 6.42 Å². The Kier molecular flexibility index (Phi) is 6.19. The molecule has 3 aromatic rings. The summed E-state index contributed by atoms with van der Waals surface area (Å²) in [4.78, 5) is 19.1. The second-order valence-electron chi connectivity index (χ2n) is 8.95. The highest BCUT2D eigenvalue weighted by molar-refractivity contribution is 5.81. The fraction of sp³-hybridized carbons (Fsp3) is 0.333. The molecular formula is C27H31N3O. The largest absolute Gasteiger partial charge is 0.369 e. The number of primary amides is 1. The van der Waals surface area contributed by atoms with E-state index in [-0.39, 0.29) is 5.91 Å². The lowest BCUT2D eigenvalue weighted by atomic mass is 9.73. The van der Waals surface area contributed by atoms with Crippen LogP contribution in [0.3, 0.4) is 0 Å². The predicted octanol–water partition coefficient (Wildman–Crippen LogP) is 4.68. The summed E-state index contributed by atoms with van der Waals surface area (Å²) < 4.78 is 0. The van der Waals surface area contributed by atoms with E-state index in [0.717, 1.165) is 49.2 Å². The third-order valence-electron chi connectivity index (χ3n) is 6.80. The van der Waals surface area contributed by atoms with Gasteiger partial charge in [0.25, 0.3) is 0 Å². The third-order valence-corrected chi connectivity index (χ3v) is 6.80. The van der Waals surface area contributed by atoms with Gasteiger partial charge in [-0.25, -0.2) is 0 Å². The monoisotopic (exact) mass is 413 g/mol. The molecule has 1 fully saturated rings. The van der Waals surface area contributed by atoms with Gasteiger partial charge in [-0.15, -0.1) is 0 Å².